The molecule has 2 aromatic rings. The van der Waals surface area contributed by atoms with Crippen molar-refractivity contribution in [2.24, 2.45) is 0 Å². The van der Waals surface area contributed by atoms with Gasteiger partial charge in [0.05, 0.1) is 0 Å². The third-order valence-electron chi connectivity index (χ3n) is 4.65. The molecule has 0 atom stereocenters. The number of nitrogens with one attached hydrogen (secondary N) is 2. The topological polar surface area (TPSA) is 87.7 Å². The number of amides is 1. The van der Waals surface area contributed by atoms with Crippen LogP contribution in [0.3, 0.4) is 0 Å². The van der Waals surface area contributed by atoms with Crippen LogP contribution in [0.25, 0.3) is 11.4 Å². The van der Waals surface area contributed by atoms with Gasteiger partial charge < -0.3 is 10.3 Å². The zero-order valence-corrected chi connectivity index (χ0v) is 14.5. The molecule has 0 aliphatic heterocycles. The molecular formula is C19H24N4O2. The van der Waals surface area contributed by atoms with Crippen molar-refractivity contribution in [2.45, 2.75) is 57.9 Å². The summed E-state index contributed by atoms with van der Waals surface area (Å²) in [7, 11) is 0. The van der Waals surface area contributed by atoms with Crippen LogP contribution >= 0.6 is 0 Å². The highest BCUT2D eigenvalue weighted by Crippen LogP contribution is 2.17. The lowest BCUT2D eigenvalue weighted by Crippen LogP contribution is -2.36. The monoisotopic (exact) mass is 340 g/mol. The Morgan fingerprint density at radius 2 is 1.88 bits per heavy atom. The molecule has 25 heavy (non-hydrogen) atoms. The molecule has 0 spiro atoms. The van der Waals surface area contributed by atoms with Crippen molar-refractivity contribution < 1.29 is 4.79 Å². The Morgan fingerprint density at radius 1 is 1.16 bits per heavy atom. The lowest BCUT2D eigenvalue weighted by molar-refractivity contribution is -0.122. The van der Waals surface area contributed by atoms with Crippen LogP contribution in [0.1, 0.15) is 49.8 Å². The zero-order valence-electron chi connectivity index (χ0n) is 14.5. The van der Waals surface area contributed by atoms with E-state index in [9.17, 15) is 9.59 Å². The summed E-state index contributed by atoms with van der Waals surface area (Å²) >= 11 is 0. The number of aromatic nitrogens is 3. The lowest BCUT2D eigenvalue weighted by Gasteiger charge is -2.22. The molecule has 1 fully saturated rings. The Balaban J connectivity index is 1.58. The van der Waals surface area contributed by atoms with Crippen molar-refractivity contribution >= 4 is 5.91 Å². The zero-order chi connectivity index (χ0) is 17.6. The van der Waals surface area contributed by atoms with Crippen LogP contribution in [0.4, 0.5) is 0 Å². The van der Waals surface area contributed by atoms with Crippen LogP contribution in [0.5, 0.6) is 0 Å². The van der Waals surface area contributed by atoms with E-state index < -0.39 is 0 Å². The minimum atomic E-state index is -0.281. The van der Waals surface area contributed by atoms with E-state index in [1.807, 2.05) is 31.2 Å². The fourth-order valence-electron chi connectivity index (χ4n) is 3.14. The SMILES string of the molecule is Cc1ccc(-c2nnc(CCC(=O)NC3CCCCC3)c(=O)[nH]2)cc1. The van der Waals surface area contributed by atoms with E-state index in [2.05, 4.69) is 20.5 Å². The molecule has 2 N–H and O–H groups in total. The van der Waals surface area contributed by atoms with Gasteiger partial charge in [-0.2, -0.15) is 0 Å². The highest BCUT2D eigenvalue weighted by atomic mass is 16.1. The molecule has 1 aliphatic carbocycles. The summed E-state index contributed by atoms with van der Waals surface area (Å²) in [5, 5.41) is 11.2. The number of aromatic amines is 1. The molecule has 0 saturated heterocycles. The molecule has 6 heteroatoms. The largest absolute Gasteiger partial charge is 0.353 e. The van der Waals surface area contributed by atoms with E-state index in [0.717, 1.165) is 24.0 Å². The van der Waals surface area contributed by atoms with Gasteiger partial charge in [-0.15, -0.1) is 10.2 Å². The number of aryl methyl sites for hydroxylation is 2. The second kappa shape index (κ2) is 8.05. The molecule has 1 aromatic heterocycles. The summed E-state index contributed by atoms with van der Waals surface area (Å²) in [6, 6.07) is 7.99. The summed E-state index contributed by atoms with van der Waals surface area (Å²) in [6.07, 6.45) is 6.28. The predicted octanol–water partition coefficient (Wildman–Crippen LogP) is 2.52. The first-order valence-corrected chi connectivity index (χ1v) is 8.94. The number of H-pyrrole nitrogens is 1. The summed E-state index contributed by atoms with van der Waals surface area (Å²) < 4.78 is 0. The van der Waals surface area contributed by atoms with Crippen LogP contribution in [0.15, 0.2) is 29.1 Å². The van der Waals surface area contributed by atoms with Crippen LogP contribution in [-0.4, -0.2) is 27.1 Å². The Labute approximate surface area is 147 Å². The number of hydrogen-bond acceptors (Lipinski definition) is 4. The number of rotatable bonds is 5. The maximum atomic E-state index is 12.2. The molecule has 0 radical (unpaired) electrons. The van der Waals surface area contributed by atoms with Crippen molar-refractivity contribution in [3.8, 4) is 11.4 Å². The second-order valence-electron chi connectivity index (χ2n) is 6.72. The van der Waals surface area contributed by atoms with Gasteiger partial charge in [0.2, 0.25) is 5.91 Å². The number of hydrogen-bond donors (Lipinski definition) is 2. The summed E-state index contributed by atoms with van der Waals surface area (Å²) in [5.41, 5.74) is 1.97. The third-order valence-corrected chi connectivity index (χ3v) is 4.65. The lowest BCUT2D eigenvalue weighted by atomic mass is 9.95. The van der Waals surface area contributed by atoms with Crippen molar-refractivity contribution in [3.63, 3.8) is 0 Å². The Hall–Kier alpha value is -2.50. The molecule has 1 aromatic carbocycles. The fourth-order valence-corrected chi connectivity index (χ4v) is 3.14. The quantitative estimate of drug-likeness (QED) is 0.875. The van der Waals surface area contributed by atoms with E-state index in [4.69, 9.17) is 0 Å². The first-order chi connectivity index (χ1) is 12.1. The van der Waals surface area contributed by atoms with Crippen molar-refractivity contribution in [3.05, 3.63) is 45.9 Å². The highest BCUT2D eigenvalue weighted by Gasteiger charge is 2.16. The number of carbonyl (C=O) groups excluding carboxylic acids is 1. The van der Waals surface area contributed by atoms with E-state index in [1.54, 1.807) is 0 Å². The van der Waals surface area contributed by atoms with Crippen LogP contribution in [0, 0.1) is 6.92 Å². The van der Waals surface area contributed by atoms with Crippen LogP contribution in [-0.2, 0) is 11.2 Å². The van der Waals surface area contributed by atoms with Gasteiger partial charge >= 0.3 is 0 Å². The van der Waals surface area contributed by atoms with Gasteiger partial charge in [-0.25, -0.2) is 0 Å². The minimum absolute atomic E-state index is 0.0179. The normalized spacial score (nSPS) is 15.1. The number of benzene rings is 1. The van der Waals surface area contributed by atoms with Gasteiger partial charge in [0, 0.05) is 24.4 Å². The Kier molecular flexibility index (Phi) is 5.58. The standard InChI is InChI=1S/C19H24N4O2/c1-13-7-9-14(10-8-13)18-21-19(25)16(22-23-18)11-12-17(24)20-15-5-3-2-4-6-15/h7-10,15H,2-6,11-12H2,1H3,(H,20,24)(H,21,23,25). The molecule has 3 rings (SSSR count). The molecular weight excluding hydrogens is 316 g/mol. The van der Waals surface area contributed by atoms with E-state index >= 15 is 0 Å². The number of carbonyl (C=O) groups is 1. The van der Waals surface area contributed by atoms with Crippen LogP contribution < -0.4 is 10.9 Å². The fraction of sp³-hybridized carbons (Fsp3) is 0.474. The summed E-state index contributed by atoms with van der Waals surface area (Å²) in [6.45, 7) is 2.00. The first-order valence-electron chi connectivity index (χ1n) is 8.94. The van der Waals surface area contributed by atoms with Gasteiger partial charge in [-0.3, -0.25) is 9.59 Å². The maximum Gasteiger partial charge on any atom is 0.273 e. The van der Waals surface area contributed by atoms with E-state index in [0.29, 0.717) is 17.9 Å². The molecule has 1 amide bonds. The molecule has 6 nitrogen and oxygen atoms in total. The van der Waals surface area contributed by atoms with Crippen molar-refractivity contribution in [2.75, 3.05) is 0 Å². The van der Waals surface area contributed by atoms with Crippen molar-refractivity contribution in [1.82, 2.24) is 20.5 Å². The average molecular weight is 340 g/mol. The third kappa shape index (κ3) is 4.75. The molecule has 1 heterocycles. The predicted molar refractivity (Wildman–Crippen MR) is 96.2 cm³/mol. The summed E-state index contributed by atoms with van der Waals surface area (Å²) in [4.78, 5) is 27.0. The van der Waals surface area contributed by atoms with Gasteiger partial charge in [0.15, 0.2) is 5.82 Å². The van der Waals surface area contributed by atoms with Gasteiger partial charge in [-0.05, 0) is 19.8 Å². The van der Waals surface area contributed by atoms with E-state index in [-0.39, 0.29) is 23.9 Å². The van der Waals surface area contributed by atoms with E-state index in [1.165, 1.54) is 19.3 Å². The molecule has 0 bridgehead atoms. The number of nitrogens with zero attached hydrogens (tertiary/aromatic N) is 2. The van der Waals surface area contributed by atoms with Crippen LogP contribution in [0.2, 0.25) is 0 Å². The highest BCUT2D eigenvalue weighted by molar-refractivity contribution is 5.76. The molecule has 0 unspecified atom stereocenters. The molecule has 132 valence electrons. The second-order valence-corrected chi connectivity index (χ2v) is 6.72. The first kappa shape index (κ1) is 17.3. The smallest absolute Gasteiger partial charge is 0.273 e. The molecule has 1 aliphatic rings. The van der Waals surface area contributed by atoms with Crippen molar-refractivity contribution in [1.29, 1.82) is 0 Å². The Bertz CT molecular complexity index is 777. The minimum Gasteiger partial charge on any atom is -0.353 e. The summed E-state index contributed by atoms with van der Waals surface area (Å²) in [5.74, 6) is 0.427. The van der Waals surface area contributed by atoms with Gasteiger partial charge in [-0.1, -0.05) is 49.1 Å². The maximum absolute atomic E-state index is 12.2. The average Bonchev–Trinajstić information content (AvgIpc) is 2.62. The Morgan fingerprint density at radius 3 is 2.56 bits per heavy atom. The van der Waals surface area contributed by atoms with Gasteiger partial charge in [0.1, 0.15) is 5.69 Å². The van der Waals surface area contributed by atoms with Gasteiger partial charge in [0.25, 0.3) is 5.56 Å². The molecule has 1 saturated carbocycles.